The van der Waals surface area contributed by atoms with E-state index in [0.29, 0.717) is 0 Å². The largest absolute Gasteiger partial charge is 0.494 e. The van der Waals surface area contributed by atoms with Crippen LogP contribution in [0.2, 0.25) is 0 Å². The van der Waals surface area contributed by atoms with Crippen molar-refractivity contribution >= 4 is 22.0 Å². The molecule has 31 heavy (non-hydrogen) atoms. The van der Waals surface area contributed by atoms with Gasteiger partial charge in [-0.05, 0) is 102 Å². The van der Waals surface area contributed by atoms with Crippen LogP contribution < -0.4 is 10.1 Å². The van der Waals surface area contributed by atoms with Crippen molar-refractivity contribution in [2.24, 2.45) is 0 Å². The smallest absolute Gasteiger partial charge is 0.408 e. The second kappa shape index (κ2) is 11.6. The first-order valence-electron chi connectivity index (χ1n) is 11.0. The van der Waals surface area contributed by atoms with Crippen LogP contribution in [0.3, 0.4) is 0 Å². The van der Waals surface area contributed by atoms with Crippen LogP contribution in [0.15, 0.2) is 53.0 Å². The van der Waals surface area contributed by atoms with E-state index in [2.05, 4.69) is 57.6 Å². The normalized spacial score (nSPS) is 11.8. The van der Waals surface area contributed by atoms with Crippen LogP contribution in [0.4, 0.5) is 4.79 Å². The highest BCUT2D eigenvalue weighted by Gasteiger charge is 2.24. The molecule has 0 aliphatic heterocycles. The van der Waals surface area contributed by atoms with Crippen LogP contribution >= 0.6 is 15.9 Å². The Kier molecular flexibility index (Phi) is 9.42. The second-order valence-electron chi connectivity index (χ2n) is 9.59. The zero-order valence-electron chi connectivity index (χ0n) is 19.5. The summed E-state index contributed by atoms with van der Waals surface area (Å²) in [4.78, 5) is 12.0. The summed E-state index contributed by atoms with van der Waals surface area (Å²) in [5.41, 5.74) is 1.75. The summed E-state index contributed by atoms with van der Waals surface area (Å²) in [6.45, 7) is 10.4. The van der Waals surface area contributed by atoms with Gasteiger partial charge in [-0.2, -0.15) is 0 Å². The summed E-state index contributed by atoms with van der Waals surface area (Å²) >= 11 is 3.47. The van der Waals surface area contributed by atoms with Gasteiger partial charge in [-0.1, -0.05) is 40.2 Å². The van der Waals surface area contributed by atoms with Crippen LogP contribution in [-0.4, -0.2) is 23.8 Å². The van der Waals surface area contributed by atoms with Gasteiger partial charge in [0.15, 0.2) is 0 Å². The molecule has 0 saturated carbocycles. The molecule has 0 spiro atoms. The van der Waals surface area contributed by atoms with Gasteiger partial charge in [0, 0.05) is 10.0 Å². The SMILES string of the molecule is CC(C)(CCc1ccc(OCCCCc2ccc(Br)cc2)cc1)NC(=O)OC(C)(C)C. The third-order valence-corrected chi connectivity index (χ3v) is 5.37. The molecular formula is C26H36BrNO3. The number of amides is 1. The van der Waals surface area contributed by atoms with Gasteiger partial charge in [0.1, 0.15) is 11.4 Å². The molecule has 0 fully saturated rings. The van der Waals surface area contributed by atoms with Crippen molar-refractivity contribution in [2.75, 3.05) is 6.61 Å². The summed E-state index contributed by atoms with van der Waals surface area (Å²) in [5, 5.41) is 2.96. The van der Waals surface area contributed by atoms with Crippen molar-refractivity contribution in [3.05, 3.63) is 64.1 Å². The topological polar surface area (TPSA) is 47.6 Å². The summed E-state index contributed by atoms with van der Waals surface area (Å²) in [5.74, 6) is 0.901. The summed E-state index contributed by atoms with van der Waals surface area (Å²) in [6, 6.07) is 16.7. The van der Waals surface area contributed by atoms with Gasteiger partial charge >= 0.3 is 6.09 Å². The Hall–Kier alpha value is -2.01. The number of aryl methyl sites for hydroxylation is 2. The number of nitrogens with one attached hydrogen (secondary N) is 1. The van der Waals surface area contributed by atoms with E-state index in [4.69, 9.17) is 9.47 Å². The predicted molar refractivity (Wildman–Crippen MR) is 131 cm³/mol. The summed E-state index contributed by atoms with van der Waals surface area (Å²) < 4.78 is 12.4. The average Bonchev–Trinajstić information content (AvgIpc) is 2.66. The molecule has 0 atom stereocenters. The van der Waals surface area contributed by atoms with E-state index >= 15 is 0 Å². The van der Waals surface area contributed by atoms with Crippen LogP contribution in [0.5, 0.6) is 5.75 Å². The predicted octanol–water partition coefficient (Wildman–Crippen LogP) is 7.09. The maximum absolute atomic E-state index is 12.0. The Morgan fingerprint density at radius 2 is 1.45 bits per heavy atom. The molecule has 1 N–H and O–H groups in total. The molecule has 0 aliphatic carbocycles. The zero-order chi connectivity index (χ0) is 22.9. The number of alkyl carbamates (subject to hydrolysis) is 1. The van der Waals surface area contributed by atoms with Gasteiger partial charge in [0.05, 0.1) is 6.61 Å². The number of carbonyl (C=O) groups is 1. The van der Waals surface area contributed by atoms with E-state index in [1.165, 1.54) is 11.1 Å². The molecule has 0 bridgehead atoms. The molecule has 2 aromatic carbocycles. The van der Waals surface area contributed by atoms with Crippen LogP contribution in [-0.2, 0) is 17.6 Å². The van der Waals surface area contributed by atoms with E-state index in [9.17, 15) is 4.79 Å². The fourth-order valence-electron chi connectivity index (χ4n) is 3.12. The fraction of sp³-hybridized carbons (Fsp3) is 0.500. The van der Waals surface area contributed by atoms with E-state index in [0.717, 1.165) is 48.9 Å². The minimum atomic E-state index is -0.491. The summed E-state index contributed by atoms with van der Waals surface area (Å²) in [6.07, 6.45) is 4.53. The summed E-state index contributed by atoms with van der Waals surface area (Å²) in [7, 11) is 0. The van der Waals surface area contributed by atoms with Crippen molar-refractivity contribution in [3.63, 3.8) is 0 Å². The number of carbonyl (C=O) groups excluding carboxylic acids is 1. The molecular weight excluding hydrogens is 454 g/mol. The number of benzene rings is 2. The van der Waals surface area contributed by atoms with E-state index in [1.54, 1.807) is 0 Å². The first-order chi connectivity index (χ1) is 14.5. The molecule has 0 unspecified atom stereocenters. The van der Waals surface area contributed by atoms with Crippen molar-refractivity contribution in [1.29, 1.82) is 0 Å². The van der Waals surface area contributed by atoms with Crippen LogP contribution in [0, 0.1) is 0 Å². The molecule has 5 heteroatoms. The highest BCUT2D eigenvalue weighted by Crippen LogP contribution is 2.19. The third kappa shape index (κ3) is 10.7. The first-order valence-corrected chi connectivity index (χ1v) is 11.8. The third-order valence-electron chi connectivity index (χ3n) is 4.84. The minimum absolute atomic E-state index is 0.341. The number of rotatable bonds is 10. The standard InChI is InChI=1S/C26H36BrNO3/c1-25(2,3)31-24(29)28-26(4,5)18-17-21-11-15-23(16-12-21)30-19-7-6-8-20-9-13-22(27)14-10-20/h9-16H,6-8,17-19H2,1-5H3,(H,28,29). The van der Waals surface area contributed by atoms with Crippen molar-refractivity contribution < 1.29 is 14.3 Å². The molecule has 0 aliphatic rings. The maximum atomic E-state index is 12.0. The Labute approximate surface area is 195 Å². The van der Waals surface area contributed by atoms with Gasteiger partial charge in [-0.25, -0.2) is 4.79 Å². The van der Waals surface area contributed by atoms with Gasteiger partial charge < -0.3 is 14.8 Å². The molecule has 0 aromatic heterocycles. The lowest BCUT2D eigenvalue weighted by Crippen LogP contribution is -2.46. The van der Waals surface area contributed by atoms with E-state index < -0.39 is 5.60 Å². The highest BCUT2D eigenvalue weighted by atomic mass is 79.9. The maximum Gasteiger partial charge on any atom is 0.408 e. The van der Waals surface area contributed by atoms with E-state index in [-0.39, 0.29) is 11.6 Å². The van der Waals surface area contributed by atoms with E-state index in [1.807, 2.05) is 46.8 Å². The van der Waals surface area contributed by atoms with Crippen LogP contribution in [0.25, 0.3) is 0 Å². The zero-order valence-corrected chi connectivity index (χ0v) is 21.1. The van der Waals surface area contributed by atoms with Crippen molar-refractivity contribution in [1.82, 2.24) is 5.32 Å². The monoisotopic (exact) mass is 489 g/mol. The van der Waals surface area contributed by atoms with Gasteiger partial charge in [-0.3, -0.25) is 0 Å². The van der Waals surface area contributed by atoms with Crippen molar-refractivity contribution in [3.8, 4) is 5.75 Å². The quantitative estimate of drug-likeness (QED) is 0.362. The average molecular weight is 490 g/mol. The Balaban J connectivity index is 1.67. The molecule has 2 aromatic rings. The number of hydrogen-bond acceptors (Lipinski definition) is 3. The number of halogens is 1. The van der Waals surface area contributed by atoms with Crippen LogP contribution in [0.1, 0.15) is 65.0 Å². The minimum Gasteiger partial charge on any atom is -0.494 e. The number of unbranched alkanes of at least 4 members (excludes halogenated alkanes) is 1. The lowest BCUT2D eigenvalue weighted by atomic mass is 9.95. The highest BCUT2D eigenvalue weighted by molar-refractivity contribution is 9.10. The lowest BCUT2D eigenvalue weighted by molar-refractivity contribution is 0.0468. The number of hydrogen-bond donors (Lipinski definition) is 1. The molecule has 1 amide bonds. The van der Waals surface area contributed by atoms with Gasteiger partial charge in [-0.15, -0.1) is 0 Å². The van der Waals surface area contributed by atoms with Crippen molar-refractivity contribution in [2.45, 2.75) is 77.9 Å². The number of ether oxygens (including phenoxy) is 2. The second-order valence-corrected chi connectivity index (χ2v) is 10.5. The molecule has 2 rings (SSSR count). The lowest BCUT2D eigenvalue weighted by Gasteiger charge is -2.28. The Morgan fingerprint density at radius 1 is 0.871 bits per heavy atom. The molecule has 170 valence electrons. The van der Waals surface area contributed by atoms with Gasteiger partial charge in [0.2, 0.25) is 0 Å². The molecule has 0 heterocycles. The Bertz CT molecular complexity index is 808. The first kappa shape index (κ1) is 25.3. The van der Waals surface area contributed by atoms with Gasteiger partial charge in [0.25, 0.3) is 0 Å². The fourth-order valence-corrected chi connectivity index (χ4v) is 3.39. The Morgan fingerprint density at radius 3 is 2.06 bits per heavy atom. The molecule has 0 radical (unpaired) electrons. The molecule has 0 saturated heterocycles. The molecule has 4 nitrogen and oxygen atoms in total.